The molecule has 0 unspecified atom stereocenters. The molecule has 1 amide bonds. The minimum Gasteiger partial charge on any atom is -0.325 e. The van der Waals surface area contributed by atoms with Crippen LogP contribution in [0.4, 0.5) is 10.1 Å². The van der Waals surface area contributed by atoms with E-state index in [4.69, 9.17) is 0 Å². The number of anilines is 1. The Hall–Kier alpha value is -3.79. The summed E-state index contributed by atoms with van der Waals surface area (Å²) < 4.78 is 15.6. The summed E-state index contributed by atoms with van der Waals surface area (Å²) in [4.78, 5) is 46.8. The lowest BCUT2D eigenvalue weighted by molar-refractivity contribution is -0.113. The second-order valence-electron chi connectivity index (χ2n) is 7.42. The number of aryl methyl sites for hydroxylation is 2. The second-order valence-corrected chi connectivity index (χ2v) is 8.38. The van der Waals surface area contributed by atoms with Crippen molar-refractivity contribution < 1.29 is 9.18 Å². The Balaban J connectivity index is 1.77. The van der Waals surface area contributed by atoms with Crippen molar-refractivity contribution >= 4 is 34.4 Å². The largest absolute Gasteiger partial charge is 0.332 e. The van der Waals surface area contributed by atoms with E-state index < -0.39 is 17.1 Å². The molecule has 0 radical (unpaired) electrons. The monoisotopic (exact) mass is 465 g/mol. The van der Waals surface area contributed by atoms with Crippen molar-refractivity contribution in [3.63, 3.8) is 0 Å². The van der Waals surface area contributed by atoms with E-state index in [2.05, 4.69) is 15.3 Å². The van der Waals surface area contributed by atoms with Crippen molar-refractivity contribution in [1.82, 2.24) is 19.1 Å². The van der Waals surface area contributed by atoms with Gasteiger partial charge < -0.3 is 5.32 Å². The molecule has 2 heterocycles. The minimum absolute atomic E-state index is 0.0186. The highest BCUT2D eigenvalue weighted by Gasteiger charge is 2.19. The van der Waals surface area contributed by atoms with E-state index in [0.29, 0.717) is 11.3 Å². The van der Waals surface area contributed by atoms with Crippen LogP contribution in [0, 0.1) is 12.7 Å². The lowest BCUT2D eigenvalue weighted by Crippen LogP contribution is -2.37. The molecule has 168 valence electrons. The van der Waals surface area contributed by atoms with E-state index in [1.165, 1.54) is 42.9 Å². The fraction of sp³-hybridized carbons (Fsp3) is 0.174. The van der Waals surface area contributed by atoms with Crippen LogP contribution in [-0.2, 0) is 18.9 Å². The van der Waals surface area contributed by atoms with Gasteiger partial charge in [-0.1, -0.05) is 30.0 Å². The summed E-state index contributed by atoms with van der Waals surface area (Å²) >= 11 is 1.07. The third kappa shape index (κ3) is 4.42. The molecule has 0 spiro atoms. The van der Waals surface area contributed by atoms with Crippen LogP contribution < -0.4 is 16.6 Å². The van der Waals surface area contributed by atoms with Crippen LogP contribution in [0.15, 0.2) is 63.1 Å². The summed E-state index contributed by atoms with van der Waals surface area (Å²) in [7, 11) is 2.88. The number of carbonyl (C=O) groups is 1. The van der Waals surface area contributed by atoms with Crippen molar-refractivity contribution in [2.75, 3.05) is 11.1 Å². The Morgan fingerprint density at radius 3 is 2.42 bits per heavy atom. The molecule has 0 saturated heterocycles. The molecule has 10 heteroatoms. The molecule has 2 aromatic carbocycles. The van der Waals surface area contributed by atoms with E-state index >= 15 is 0 Å². The van der Waals surface area contributed by atoms with E-state index in [1.54, 1.807) is 6.07 Å². The Kier molecular flexibility index (Phi) is 6.10. The molecule has 8 nitrogen and oxygen atoms in total. The van der Waals surface area contributed by atoms with Gasteiger partial charge in [-0.05, 0) is 42.8 Å². The highest BCUT2D eigenvalue weighted by Crippen LogP contribution is 2.26. The highest BCUT2D eigenvalue weighted by atomic mass is 32.2. The average molecular weight is 466 g/mol. The Labute approximate surface area is 192 Å². The SMILES string of the molecule is Cc1ccccc1NC(=O)CSc1nc(-c2ccc(F)cc2)nc2c1c(=O)n(C)c(=O)n2C. The van der Waals surface area contributed by atoms with E-state index in [9.17, 15) is 18.8 Å². The molecule has 0 aliphatic rings. The molecule has 4 rings (SSSR count). The topological polar surface area (TPSA) is 98.9 Å². The summed E-state index contributed by atoms with van der Waals surface area (Å²) in [5.74, 6) is -0.489. The van der Waals surface area contributed by atoms with Crippen LogP contribution >= 0.6 is 11.8 Å². The Morgan fingerprint density at radius 1 is 1.03 bits per heavy atom. The number of fused-ring (bicyclic) bond motifs is 1. The zero-order valence-electron chi connectivity index (χ0n) is 18.1. The van der Waals surface area contributed by atoms with Crippen LogP contribution in [0.1, 0.15) is 5.56 Å². The number of thioether (sulfide) groups is 1. The minimum atomic E-state index is -0.555. The molecule has 4 aromatic rings. The Bertz CT molecular complexity index is 1500. The van der Waals surface area contributed by atoms with Gasteiger partial charge in [-0.25, -0.2) is 19.2 Å². The van der Waals surface area contributed by atoms with Crippen LogP contribution in [0.5, 0.6) is 0 Å². The first-order chi connectivity index (χ1) is 15.8. The number of amides is 1. The zero-order chi connectivity index (χ0) is 23.7. The fourth-order valence-corrected chi connectivity index (χ4v) is 4.11. The van der Waals surface area contributed by atoms with Crippen LogP contribution in [-0.4, -0.2) is 30.8 Å². The van der Waals surface area contributed by atoms with Gasteiger partial charge in [-0.2, -0.15) is 0 Å². The van der Waals surface area contributed by atoms with Gasteiger partial charge in [0.05, 0.1) is 5.75 Å². The van der Waals surface area contributed by atoms with Gasteiger partial charge in [0.2, 0.25) is 5.91 Å². The number of hydrogen-bond donors (Lipinski definition) is 1. The number of benzene rings is 2. The smallest absolute Gasteiger partial charge is 0.325 e. The first kappa shape index (κ1) is 22.4. The summed E-state index contributed by atoms with van der Waals surface area (Å²) in [6.07, 6.45) is 0. The molecule has 0 atom stereocenters. The van der Waals surface area contributed by atoms with Crippen molar-refractivity contribution in [2.45, 2.75) is 11.9 Å². The first-order valence-corrected chi connectivity index (χ1v) is 11.0. The molecular weight excluding hydrogens is 445 g/mol. The number of nitrogens with zero attached hydrogens (tertiary/aromatic N) is 4. The van der Waals surface area contributed by atoms with Gasteiger partial charge in [0.15, 0.2) is 11.5 Å². The summed E-state index contributed by atoms with van der Waals surface area (Å²) in [6, 6.07) is 13.0. The number of para-hydroxylation sites is 1. The standard InChI is InChI=1S/C23H20FN5O3S/c1-13-6-4-5-7-16(13)25-17(30)12-33-21-18-20(28(2)23(32)29(3)22(18)31)26-19(27-21)14-8-10-15(24)11-9-14/h4-11H,12H2,1-3H3,(H,25,30). The van der Waals surface area contributed by atoms with Crippen molar-refractivity contribution in [2.24, 2.45) is 14.1 Å². The molecule has 0 bridgehead atoms. The fourth-order valence-electron chi connectivity index (χ4n) is 3.29. The number of nitrogens with one attached hydrogen (secondary N) is 1. The normalized spacial score (nSPS) is 11.0. The van der Waals surface area contributed by atoms with Crippen molar-refractivity contribution in [3.8, 4) is 11.4 Å². The predicted octanol–water partition coefficient (Wildman–Crippen LogP) is 2.87. The number of rotatable bonds is 5. The first-order valence-electron chi connectivity index (χ1n) is 9.98. The molecule has 0 saturated carbocycles. The molecular formula is C23H20FN5O3S. The number of aromatic nitrogens is 4. The maximum atomic E-state index is 13.4. The lowest BCUT2D eigenvalue weighted by atomic mass is 10.2. The van der Waals surface area contributed by atoms with E-state index in [-0.39, 0.29) is 33.5 Å². The van der Waals surface area contributed by atoms with E-state index in [1.807, 2.05) is 25.1 Å². The third-order valence-electron chi connectivity index (χ3n) is 5.13. The van der Waals surface area contributed by atoms with Crippen LogP contribution in [0.2, 0.25) is 0 Å². The zero-order valence-corrected chi connectivity index (χ0v) is 18.9. The third-order valence-corrected chi connectivity index (χ3v) is 6.10. The van der Waals surface area contributed by atoms with Crippen LogP contribution in [0.3, 0.4) is 0 Å². The van der Waals surface area contributed by atoms with Gasteiger partial charge in [-0.3, -0.25) is 18.7 Å². The maximum absolute atomic E-state index is 13.4. The molecule has 2 aromatic heterocycles. The average Bonchev–Trinajstić information content (AvgIpc) is 2.81. The predicted molar refractivity (Wildman–Crippen MR) is 126 cm³/mol. The Morgan fingerprint density at radius 2 is 1.73 bits per heavy atom. The number of carbonyl (C=O) groups excluding carboxylic acids is 1. The van der Waals surface area contributed by atoms with Crippen molar-refractivity contribution in [1.29, 1.82) is 0 Å². The second kappa shape index (κ2) is 8.99. The highest BCUT2D eigenvalue weighted by molar-refractivity contribution is 8.00. The van der Waals surface area contributed by atoms with Gasteiger partial charge in [-0.15, -0.1) is 0 Å². The quantitative estimate of drug-likeness (QED) is 0.360. The van der Waals surface area contributed by atoms with Crippen molar-refractivity contribution in [3.05, 3.63) is 80.7 Å². The molecule has 1 N–H and O–H groups in total. The van der Waals surface area contributed by atoms with Gasteiger partial charge in [0.1, 0.15) is 16.2 Å². The summed E-state index contributed by atoms with van der Waals surface area (Å²) in [5.41, 5.74) is 1.17. The molecule has 0 aliphatic heterocycles. The number of hydrogen-bond acceptors (Lipinski definition) is 6. The molecule has 0 aliphatic carbocycles. The lowest BCUT2D eigenvalue weighted by Gasteiger charge is -2.12. The maximum Gasteiger partial charge on any atom is 0.332 e. The molecule has 33 heavy (non-hydrogen) atoms. The summed E-state index contributed by atoms with van der Waals surface area (Å²) in [6.45, 7) is 1.89. The number of halogens is 1. The van der Waals surface area contributed by atoms with E-state index in [0.717, 1.165) is 21.9 Å². The van der Waals surface area contributed by atoms with Gasteiger partial charge in [0, 0.05) is 25.3 Å². The van der Waals surface area contributed by atoms with Gasteiger partial charge >= 0.3 is 5.69 Å². The van der Waals surface area contributed by atoms with Gasteiger partial charge in [0.25, 0.3) is 5.56 Å². The van der Waals surface area contributed by atoms with Crippen LogP contribution in [0.25, 0.3) is 22.4 Å². The molecule has 0 fully saturated rings. The summed E-state index contributed by atoms with van der Waals surface area (Å²) in [5, 5.41) is 3.24.